The largest absolute Gasteiger partial charge is 0.387 e. The van der Waals surface area contributed by atoms with Crippen molar-refractivity contribution < 1.29 is 63.2 Å². The van der Waals surface area contributed by atoms with Crippen LogP contribution in [0.1, 0.15) is 76.2 Å². The fourth-order valence-electron chi connectivity index (χ4n) is 9.42. The molecule has 22 nitrogen and oxygen atoms in total. The molecule has 5 atom stereocenters. The number of aliphatic hydroxyl groups excluding tert-OH is 1. The number of primary amides is 1. The van der Waals surface area contributed by atoms with Gasteiger partial charge in [0.25, 0.3) is 11.8 Å². The van der Waals surface area contributed by atoms with E-state index in [4.69, 9.17) is 7.15 Å². The van der Waals surface area contributed by atoms with Gasteiger partial charge in [0.15, 0.2) is 1.41 Å². The summed E-state index contributed by atoms with van der Waals surface area (Å²) in [4.78, 5) is 140. The number of aromatic nitrogens is 2. The molecule has 0 bridgehead atoms. The van der Waals surface area contributed by atoms with Crippen LogP contribution in [0.5, 0.6) is 0 Å². The first kappa shape index (κ1) is 58.0. The Balaban J connectivity index is 1.27. The third kappa shape index (κ3) is 16.2. The third-order valence-corrected chi connectivity index (χ3v) is 13.1. The highest BCUT2D eigenvalue weighted by Gasteiger charge is 2.41. The van der Waals surface area contributed by atoms with Crippen molar-refractivity contribution in [3.05, 3.63) is 126 Å². The predicted octanol–water partition coefficient (Wildman–Crippen LogP) is 0.916. The molecule has 0 radical (unpaired) electrons. The molecule has 420 valence electrons. The molecule has 0 saturated carbocycles. The van der Waals surface area contributed by atoms with Gasteiger partial charge in [-0.3, -0.25) is 57.8 Å². The highest BCUT2D eigenvalue weighted by atomic mass is 19.1. The van der Waals surface area contributed by atoms with Crippen molar-refractivity contribution in [2.45, 2.75) is 96.6 Å². The zero-order chi connectivity index (χ0) is 58.4. The number of rotatable bonds is 25. The lowest BCUT2D eigenvalue weighted by Crippen LogP contribution is -2.58. The Hall–Kier alpha value is -8.67. The van der Waals surface area contributed by atoms with Gasteiger partial charge >= 0.3 is 0 Å². The summed E-state index contributed by atoms with van der Waals surface area (Å²) in [5.41, 5.74) is 6.64. The van der Waals surface area contributed by atoms with Gasteiger partial charge in [-0.1, -0.05) is 51.1 Å². The number of pyridine rings is 1. The minimum absolute atomic E-state index is 0.0490. The molecule has 2 aliphatic heterocycles. The lowest BCUT2D eigenvalue weighted by molar-refractivity contribution is -0.142. The number of carbonyl (C=O) groups excluding carboxylic acids is 10. The molecule has 6 rings (SSSR count). The number of benzene rings is 2. The Kier molecular flexibility index (Phi) is 19.9. The van der Waals surface area contributed by atoms with Crippen LogP contribution in [-0.4, -0.2) is 152 Å². The number of likely N-dealkylation sites (tertiary alicyclic amines) is 1. The van der Waals surface area contributed by atoms with Gasteiger partial charge in [0, 0.05) is 80.3 Å². The van der Waals surface area contributed by atoms with E-state index in [-0.39, 0.29) is 56.7 Å². The van der Waals surface area contributed by atoms with Gasteiger partial charge < -0.3 is 51.8 Å². The molecule has 2 aromatic heterocycles. The molecule has 4 heterocycles. The second-order valence-corrected chi connectivity index (χ2v) is 20.1. The summed E-state index contributed by atoms with van der Waals surface area (Å²) in [6.07, 6.45) is 5.57. The molecule has 2 aliphatic rings. The lowest BCUT2D eigenvalue weighted by atomic mass is 9.82. The Morgan fingerprint density at radius 3 is 2.22 bits per heavy atom. The first-order chi connectivity index (χ1) is 38.0. The van der Waals surface area contributed by atoms with Crippen molar-refractivity contribution in [3.8, 4) is 11.1 Å². The molecular weight excluding hydrogens is 1030 g/mol. The van der Waals surface area contributed by atoms with E-state index in [9.17, 15) is 57.4 Å². The molecule has 10 amide bonds. The zero-order valence-electron chi connectivity index (χ0n) is 45.2. The number of nitrogens with zero attached hydrogens (tertiary/aromatic N) is 5. The first-order valence-corrected chi connectivity index (χ1v) is 25.5. The smallest absolute Gasteiger partial charge is 0.254 e. The monoisotopic (exact) mass is 1090 g/mol. The van der Waals surface area contributed by atoms with E-state index >= 15 is 4.39 Å². The molecule has 0 aliphatic carbocycles. The highest BCUT2D eigenvalue weighted by molar-refractivity contribution is 6.14. The number of nitrogens with one attached hydrogen (secondary N) is 5. The van der Waals surface area contributed by atoms with Gasteiger partial charge in [0.05, 0.1) is 18.9 Å². The van der Waals surface area contributed by atoms with E-state index in [1.54, 1.807) is 49.7 Å². The van der Waals surface area contributed by atoms with Crippen LogP contribution in [0.4, 0.5) is 8.78 Å². The number of hydrogen-bond donors (Lipinski definition) is 7. The van der Waals surface area contributed by atoms with E-state index < -0.39 is 132 Å². The first-order valence-electron chi connectivity index (χ1n) is 26.0. The third-order valence-electron chi connectivity index (χ3n) is 13.1. The summed E-state index contributed by atoms with van der Waals surface area (Å²) in [6.45, 7) is 4.42. The van der Waals surface area contributed by atoms with Crippen LogP contribution in [0.15, 0.2) is 97.5 Å². The summed E-state index contributed by atoms with van der Waals surface area (Å²) in [5, 5.41) is 21.1. The molecule has 2 aromatic carbocycles. The van der Waals surface area contributed by atoms with E-state index in [2.05, 4.69) is 26.3 Å². The second kappa shape index (κ2) is 27.1. The predicted molar refractivity (Wildman–Crippen MR) is 281 cm³/mol. The summed E-state index contributed by atoms with van der Waals surface area (Å²) < 4.78 is 40.3. The summed E-state index contributed by atoms with van der Waals surface area (Å²) in [6, 6.07) is 9.98. The maximum Gasteiger partial charge on any atom is 0.254 e. The fraction of sp³-hybridized carbons (Fsp3) is 0.400. The van der Waals surface area contributed by atoms with Crippen molar-refractivity contribution >= 4 is 59.1 Å². The summed E-state index contributed by atoms with van der Waals surface area (Å²) >= 11 is 0. The van der Waals surface area contributed by atoms with Crippen LogP contribution < -0.4 is 32.3 Å². The van der Waals surface area contributed by atoms with E-state index in [1.165, 1.54) is 29.1 Å². The van der Waals surface area contributed by atoms with Crippen LogP contribution in [0.2, 0.25) is 1.41 Å². The SMILES string of the molecule is [2H]N(C(=O)Cc1ccncc1)[C@@H](C)C(=O)N1CCC[C@H]1C(=O)N[C@@H](CC(N)=O)C(=O)N[C@@H](CCN(C(=O)CO)[C@@H](c1cc(-c2cc(F)ccc2F)cn1Cc1ccccc1)C(C)(C)C)C(=O)NCCNC(=O)CN1C(=O)C=CC1=O. The highest BCUT2D eigenvalue weighted by Crippen LogP contribution is 2.41. The maximum atomic E-state index is 15.4. The molecule has 1 fully saturated rings. The standard InChI is InChI=1S/C55H65F2N11O11/c1-33(62-45(71)25-34-16-19-59-20-17-34)54(79)66-23-8-11-42(66)53(78)64-41(28-44(58)70)52(77)63-40(51(76)61-22-21-60-46(72)31-68-47(73)14-15-48(68)74)18-24-67(49(75)32-69)50(55(2,3)4)43-26-36(38-27-37(56)12-13-39(38)57)30-65(43)29-35-9-6-5-7-10-35/h5-7,9-10,12-17,19-20,26-27,30,33,40-42,50,69H,8,11,18,21-25,28-29,31-32H2,1-4H3,(H2,58,70)(H,60,72)(H,61,76)(H,62,71)(H,63,77)(H,64,78)/t33-,40-,41-,42-,50-/m0/s1/i/hD. The summed E-state index contributed by atoms with van der Waals surface area (Å²) in [7, 11) is 0. The Bertz CT molecular complexity index is 2980. The number of carbonyl (C=O) groups is 10. The van der Waals surface area contributed by atoms with Gasteiger partial charge in [-0.15, -0.1) is 0 Å². The topological polar surface area (TPSA) is 305 Å². The van der Waals surface area contributed by atoms with Gasteiger partial charge in [-0.05, 0) is 79.1 Å². The minimum atomic E-state index is -1.76. The number of amides is 10. The number of hydrogen-bond acceptors (Lipinski definition) is 12. The average Bonchev–Trinajstić information content (AvgIpc) is 4.27. The van der Waals surface area contributed by atoms with Gasteiger partial charge in [-0.2, -0.15) is 0 Å². The van der Waals surface area contributed by atoms with Crippen molar-refractivity contribution in [1.82, 2.24) is 50.8 Å². The molecule has 4 aromatic rings. The number of halogens is 2. The lowest BCUT2D eigenvalue weighted by Gasteiger charge is -2.41. The number of nitrogens with two attached hydrogens (primary N) is 1. The molecule has 79 heavy (non-hydrogen) atoms. The Labute approximate surface area is 456 Å². The van der Waals surface area contributed by atoms with Crippen LogP contribution in [-0.2, 0) is 60.9 Å². The summed E-state index contributed by atoms with van der Waals surface area (Å²) in [5.74, 6) is -9.76. The zero-order valence-corrected chi connectivity index (χ0v) is 44.2. The minimum Gasteiger partial charge on any atom is -0.387 e. The number of imide groups is 1. The molecule has 0 spiro atoms. The number of aliphatic hydroxyl groups is 1. The van der Waals surface area contributed by atoms with Gasteiger partial charge in [-0.25, -0.2) is 8.78 Å². The molecular formula is C55H65F2N11O11. The Morgan fingerprint density at radius 2 is 1.56 bits per heavy atom. The second-order valence-electron chi connectivity index (χ2n) is 20.1. The molecule has 0 unspecified atom stereocenters. The van der Waals surface area contributed by atoms with Crippen LogP contribution in [0, 0.1) is 17.0 Å². The van der Waals surface area contributed by atoms with Crippen molar-refractivity contribution in [1.29, 1.82) is 0 Å². The van der Waals surface area contributed by atoms with Crippen molar-refractivity contribution in [3.63, 3.8) is 0 Å². The van der Waals surface area contributed by atoms with Crippen LogP contribution >= 0.6 is 0 Å². The Morgan fingerprint density at radius 1 is 0.873 bits per heavy atom. The maximum absolute atomic E-state index is 15.4. The molecule has 24 heteroatoms. The van der Waals surface area contributed by atoms with E-state index in [0.717, 1.165) is 35.9 Å². The normalized spacial score (nSPS) is 15.8. The van der Waals surface area contributed by atoms with Crippen LogP contribution in [0.3, 0.4) is 0 Å². The quantitative estimate of drug-likeness (QED) is 0.0360. The van der Waals surface area contributed by atoms with Gasteiger partial charge in [0.2, 0.25) is 47.3 Å². The van der Waals surface area contributed by atoms with Gasteiger partial charge in [0.1, 0.15) is 49.0 Å². The van der Waals surface area contributed by atoms with Crippen molar-refractivity contribution in [2.24, 2.45) is 11.1 Å². The molecule has 1 saturated heterocycles. The van der Waals surface area contributed by atoms with Crippen LogP contribution in [0.25, 0.3) is 11.1 Å². The van der Waals surface area contributed by atoms with E-state index in [1.807, 2.05) is 30.3 Å². The fourth-order valence-corrected chi connectivity index (χ4v) is 9.42. The average molecular weight is 1100 g/mol. The molecule has 8 N–H and O–H groups in total. The van der Waals surface area contributed by atoms with E-state index in [0.29, 0.717) is 27.9 Å². The van der Waals surface area contributed by atoms with Crippen molar-refractivity contribution in [2.75, 3.05) is 39.3 Å².